The zero-order valence-electron chi connectivity index (χ0n) is 11.4. The molecule has 1 saturated carbocycles. The number of rotatable bonds is 3. The summed E-state index contributed by atoms with van der Waals surface area (Å²) in [5.74, 6) is 0.101. The minimum absolute atomic E-state index is 0.101. The van der Waals surface area contributed by atoms with Crippen molar-refractivity contribution in [1.29, 1.82) is 0 Å². The molecule has 1 unspecified atom stereocenters. The number of nitrogens with zero attached hydrogens (tertiary/aromatic N) is 1. The molecule has 1 aliphatic carbocycles. The summed E-state index contributed by atoms with van der Waals surface area (Å²) in [4.78, 5) is 13.5. The number of hydrogen-bond donors (Lipinski definition) is 2. The molecule has 3 N–H and O–H groups in total. The number of piperazine rings is 1. The minimum atomic E-state index is 0.101. The summed E-state index contributed by atoms with van der Waals surface area (Å²) in [5, 5.41) is 2.85. The molecular weight excluding hydrogens is 238 g/mol. The van der Waals surface area contributed by atoms with Crippen molar-refractivity contribution in [2.24, 2.45) is 5.73 Å². The Kier molecular flexibility index (Phi) is 2.97. The number of carbonyl (C=O) groups excluding carboxylic acids is 1. The van der Waals surface area contributed by atoms with Gasteiger partial charge in [0.1, 0.15) is 0 Å². The van der Waals surface area contributed by atoms with Crippen LogP contribution in [0.25, 0.3) is 0 Å². The molecule has 102 valence electrons. The van der Waals surface area contributed by atoms with Crippen LogP contribution in [0.5, 0.6) is 0 Å². The van der Waals surface area contributed by atoms with E-state index in [0.717, 1.165) is 18.8 Å². The average molecular weight is 259 g/mol. The van der Waals surface area contributed by atoms with E-state index in [2.05, 4.69) is 41.4 Å². The molecule has 0 aromatic heterocycles. The van der Waals surface area contributed by atoms with E-state index in [9.17, 15) is 4.79 Å². The first-order valence-corrected chi connectivity index (χ1v) is 7.00. The molecule has 4 nitrogen and oxygen atoms in total. The standard InChI is InChI=1S/C15H21N3O/c1-11(16)15(6-7-15)12-2-4-13(5-3-12)18-9-8-17-14(19)10-18/h2-5,11H,6-10,16H2,1H3,(H,17,19). The Bertz CT molecular complexity index is 477. The minimum Gasteiger partial charge on any atom is -0.360 e. The number of hydrogen-bond acceptors (Lipinski definition) is 3. The smallest absolute Gasteiger partial charge is 0.239 e. The van der Waals surface area contributed by atoms with Crippen molar-refractivity contribution in [2.45, 2.75) is 31.2 Å². The van der Waals surface area contributed by atoms with Crippen LogP contribution in [0.4, 0.5) is 5.69 Å². The van der Waals surface area contributed by atoms with Gasteiger partial charge in [0.05, 0.1) is 6.54 Å². The van der Waals surface area contributed by atoms with Crippen LogP contribution >= 0.6 is 0 Å². The molecule has 0 radical (unpaired) electrons. The molecule has 1 aromatic carbocycles. The summed E-state index contributed by atoms with van der Waals surface area (Å²) in [7, 11) is 0. The van der Waals surface area contributed by atoms with E-state index in [-0.39, 0.29) is 17.4 Å². The third-order valence-electron chi connectivity index (χ3n) is 4.51. The highest BCUT2D eigenvalue weighted by Crippen LogP contribution is 2.50. The van der Waals surface area contributed by atoms with Crippen LogP contribution in [-0.4, -0.2) is 31.6 Å². The maximum Gasteiger partial charge on any atom is 0.239 e. The molecule has 1 atom stereocenters. The molecule has 2 fully saturated rings. The summed E-state index contributed by atoms with van der Waals surface area (Å²) < 4.78 is 0. The fraction of sp³-hybridized carbons (Fsp3) is 0.533. The Morgan fingerprint density at radius 3 is 2.53 bits per heavy atom. The molecule has 3 rings (SSSR count). The molecule has 0 spiro atoms. The number of carbonyl (C=O) groups is 1. The topological polar surface area (TPSA) is 58.4 Å². The molecule has 1 aliphatic heterocycles. The molecular formula is C15H21N3O. The van der Waals surface area contributed by atoms with Crippen molar-refractivity contribution in [3.63, 3.8) is 0 Å². The highest BCUT2D eigenvalue weighted by atomic mass is 16.2. The van der Waals surface area contributed by atoms with Crippen LogP contribution in [0.3, 0.4) is 0 Å². The van der Waals surface area contributed by atoms with E-state index in [0.29, 0.717) is 6.54 Å². The van der Waals surface area contributed by atoms with Gasteiger partial charge < -0.3 is 16.0 Å². The van der Waals surface area contributed by atoms with Crippen molar-refractivity contribution in [3.8, 4) is 0 Å². The fourth-order valence-corrected chi connectivity index (χ4v) is 3.00. The zero-order chi connectivity index (χ0) is 13.5. The first kappa shape index (κ1) is 12.5. The lowest BCUT2D eigenvalue weighted by Crippen LogP contribution is -2.47. The Morgan fingerprint density at radius 1 is 1.32 bits per heavy atom. The quantitative estimate of drug-likeness (QED) is 0.851. The average Bonchev–Trinajstić information content (AvgIpc) is 3.20. The maximum absolute atomic E-state index is 11.4. The van der Waals surface area contributed by atoms with Gasteiger partial charge in [0.2, 0.25) is 5.91 Å². The third-order valence-corrected chi connectivity index (χ3v) is 4.51. The van der Waals surface area contributed by atoms with Gasteiger partial charge in [-0.1, -0.05) is 12.1 Å². The summed E-state index contributed by atoms with van der Waals surface area (Å²) in [6.45, 7) is 4.15. The second-order valence-electron chi connectivity index (χ2n) is 5.76. The molecule has 2 aliphatic rings. The summed E-state index contributed by atoms with van der Waals surface area (Å²) in [5.41, 5.74) is 8.77. The van der Waals surface area contributed by atoms with E-state index in [4.69, 9.17) is 5.73 Å². The van der Waals surface area contributed by atoms with Crippen LogP contribution in [0.2, 0.25) is 0 Å². The second kappa shape index (κ2) is 4.53. The van der Waals surface area contributed by atoms with Crippen molar-refractivity contribution in [2.75, 3.05) is 24.5 Å². The first-order chi connectivity index (χ1) is 9.12. The summed E-state index contributed by atoms with van der Waals surface area (Å²) in [6, 6.07) is 8.81. The van der Waals surface area contributed by atoms with E-state index >= 15 is 0 Å². The lowest BCUT2D eigenvalue weighted by molar-refractivity contribution is -0.120. The van der Waals surface area contributed by atoms with Gasteiger partial charge in [-0.3, -0.25) is 4.79 Å². The monoisotopic (exact) mass is 259 g/mol. The van der Waals surface area contributed by atoms with Crippen LogP contribution in [-0.2, 0) is 10.2 Å². The Labute approximate surface area is 114 Å². The van der Waals surface area contributed by atoms with Crippen molar-refractivity contribution in [1.82, 2.24) is 5.32 Å². The van der Waals surface area contributed by atoms with Crippen LogP contribution < -0.4 is 16.0 Å². The van der Waals surface area contributed by atoms with Gasteiger partial charge in [0, 0.05) is 30.2 Å². The van der Waals surface area contributed by atoms with Gasteiger partial charge in [-0.15, -0.1) is 0 Å². The Hall–Kier alpha value is -1.55. The number of benzene rings is 1. The number of amides is 1. The van der Waals surface area contributed by atoms with Crippen molar-refractivity contribution >= 4 is 11.6 Å². The largest absolute Gasteiger partial charge is 0.360 e. The number of anilines is 1. The second-order valence-corrected chi connectivity index (χ2v) is 5.76. The van der Waals surface area contributed by atoms with Gasteiger partial charge in [-0.05, 0) is 37.5 Å². The Balaban J connectivity index is 1.78. The van der Waals surface area contributed by atoms with Gasteiger partial charge in [-0.25, -0.2) is 0 Å². The summed E-state index contributed by atoms with van der Waals surface area (Å²) in [6.07, 6.45) is 2.38. The van der Waals surface area contributed by atoms with Gasteiger partial charge in [-0.2, -0.15) is 0 Å². The first-order valence-electron chi connectivity index (χ1n) is 7.00. The van der Waals surface area contributed by atoms with E-state index in [1.165, 1.54) is 18.4 Å². The molecule has 0 bridgehead atoms. The van der Waals surface area contributed by atoms with Gasteiger partial charge in [0.15, 0.2) is 0 Å². The van der Waals surface area contributed by atoms with Gasteiger partial charge in [0.25, 0.3) is 0 Å². The SMILES string of the molecule is CC(N)C1(c2ccc(N3CCNC(=O)C3)cc2)CC1. The molecule has 1 aromatic rings. The third kappa shape index (κ3) is 2.21. The van der Waals surface area contributed by atoms with Crippen LogP contribution in [0, 0.1) is 0 Å². The lowest BCUT2D eigenvalue weighted by Gasteiger charge is -2.29. The highest BCUT2D eigenvalue weighted by Gasteiger charge is 2.47. The van der Waals surface area contributed by atoms with E-state index in [1.54, 1.807) is 0 Å². The normalized spacial score (nSPS) is 22.8. The molecule has 1 amide bonds. The van der Waals surface area contributed by atoms with Crippen molar-refractivity contribution in [3.05, 3.63) is 29.8 Å². The Morgan fingerprint density at radius 2 is 2.00 bits per heavy atom. The molecule has 19 heavy (non-hydrogen) atoms. The fourth-order valence-electron chi connectivity index (χ4n) is 3.00. The van der Waals surface area contributed by atoms with Crippen LogP contribution in [0.15, 0.2) is 24.3 Å². The zero-order valence-corrected chi connectivity index (χ0v) is 11.4. The van der Waals surface area contributed by atoms with Crippen LogP contribution in [0.1, 0.15) is 25.3 Å². The van der Waals surface area contributed by atoms with Crippen molar-refractivity contribution < 1.29 is 4.79 Å². The number of nitrogens with one attached hydrogen (secondary N) is 1. The molecule has 1 heterocycles. The predicted octanol–water partition coefficient (Wildman–Crippen LogP) is 1.00. The lowest BCUT2D eigenvalue weighted by atomic mass is 9.89. The molecule has 4 heteroatoms. The van der Waals surface area contributed by atoms with Gasteiger partial charge >= 0.3 is 0 Å². The van der Waals surface area contributed by atoms with E-state index in [1.807, 2.05) is 0 Å². The summed E-state index contributed by atoms with van der Waals surface area (Å²) >= 11 is 0. The number of nitrogens with two attached hydrogens (primary N) is 1. The molecule has 1 saturated heterocycles. The van der Waals surface area contributed by atoms with E-state index < -0.39 is 0 Å². The predicted molar refractivity (Wildman–Crippen MR) is 76.2 cm³/mol. The highest BCUT2D eigenvalue weighted by molar-refractivity contribution is 5.82. The maximum atomic E-state index is 11.4.